The van der Waals surface area contributed by atoms with E-state index in [-0.39, 0.29) is 48.5 Å². The summed E-state index contributed by atoms with van der Waals surface area (Å²) < 4.78 is 117. The average molecular weight is 603 g/mol. The van der Waals surface area contributed by atoms with Crippen molar-refractivity contribution in [3.8, 4) is 22.9 Å². The molecule has 0 bridgehead atoms. The number of ether oxygens (including phenoxy) is 1. The van der Waals surface area contributed by atoms with E-state index in [4.69, 9.17) is 4.74 Å². The first-order valence-corrected chi connectivity index (χ1v) is 14.2. The smallest absolute Gasteiger partial charge is 0.252 e. The monoisotopic (exact) mass is 602 g/mol. The van der Waals surface area contributed by atoms with Crippen LogP contribution < -0.4 is 20.1 Å². The van der Waals surface area contributed by atoms with Crippen LogP contribution in [0, 0.1) is 23.4 Å². The fourth-order valence-corrected chi connectivity index (χ4v) is 6.03. The number of benzene rings is 1. The minimum Gasteiger partial charge on any atom is -0.435 e. The minimum absolute atomic E-state index is 0.0772. The first-order valence-electron chi connectivity index (χ1n) is 12.6. The zero-order valence-electron chi connectivity index (χ0n) is 21.2. The number of pyridine rings is 1. The Kier molecular flexibility index (Phi) is 7.96. The van der Waals surface area contributed by atoms with Gasteiger partial charge in [-0.25, -0.2) is 45.3 Å². The van der Waals surface area contributed by atoms with E-state index in [0.717, 1.165) is 0 Å². The third kappa shape index (κ3) is 6.48. The van der Waals surface area contributed by atoms with Crippen LogP contribution in [0.3, 0.4) is 0 Å². The molecule has 5 rings (SSSR count). The number of nitrogens with zero attached hydrogens (tertiary/aromatic N) is 3. The summed E-state index contributed by atoms with van der Waals surface area (Å²) in [6.45, 7) is 0.740. The molecule has 1 aromatic carbocycles. The fraction of sp³-hybridized carbons (Fsp3) is 0.400. The molecule has 1 aliphatic carbocycles. The summed E-state index contributed by atoms with van der Waals surface area (Å²) in [5.41, 5.74) is -0.933. The van der Waals surface area contributed by atoms with Crippen LogP contribution in [0.25, 0.3) is 11.3 Å². The lowest BCUT2D eigenvalue weighted by atomic mass is 9.82. The van der Waals surface area contributed by atoms with Gasteiger partial charge in [-0.1, -0.05) is 0 Å². The standard InChI is InChI=1S/C25H24F6N6O3S/c26-14-8-15(11-32-10-14)35-24-34-7-4-18(36-24)16-2-1-6-33-23(16)40-19-9-17(27)22(21(29)20(19)28)37-41(38,39)12-13-3-5-25(13,30)31/h1-2,4,6-7,9,13-15,32,37H,3,5,8,10-12H2,(H,34,35,36)/t13?,14-,15-/m0/s1. The molecule has 0 spiro atoms. The van der Waals surface area contributed by atoms with Gasteiger partial charge in [0.1, 0.15) is 11.9 Å². The third-order valence-corrected chi connectivity index (χ3v) is 8.12. The molecular formula is C25H24F6N6O3S. The van der Waals surface area contributed by atoms with E-state index >= 15 is 0 Å². The zero-order valence-corrected chi connectivity index (χ0v) is 22.0. The first-order chi connectivity index (χ1) is 19.4. The molecule has 3 N–H and O–H groups in total. The molecular weight excluding hydrogens is 578 g/mol. The Hall–Kier alpha value is -3.66. The molecule has 3 heterocycles. The summed E-state index contributed by atoms with van der Waals surface area (Å²) in [6.07, 6.45) is 1.33. The van der Waals surface area contributed by atoms with Gasteiger partial charge in [0.2, 0.25) is 27.7 Å². The lowest BCUT2D eigenvalue weighted by Gasteiger charge is -2.35. The molecule has 0 radical (unpaired) electrons. The Bertz CT molecular complexity index is 1550. The molecule has 1 saturated carbocycles. The van der Waals surface area contributed by atoms with Gasteiger partial charge in [-0.2, -0.15) is 4.39 Å². The number of hydrogen-bond acceptors (Lipinski definition) is 8. The topological polar surface area (TPSA) is 118 Å². The maximum Gasteiger partial charge on any atom is 0.252 e. The maximum absolute atomic E-state index is 14.9. The number of nitrogens with one attached hydrogen (secondary N) is 3. The summed E-state index contributed by atoms with van der Waals surface area (Å²) in [7, 11) is -4.63. The van der Waals surface area contributed by atoms with Crippen molar-refractivity contribution >= 4 is 21.7 Å². The van der Waals surface area contributed by atoms with Crippen LogP contribution in [0.2, 0.25) is 0 Å². The number of sulfonamides is 1. The molecule has 0 amide bonds. The highest BCUT2D eigenvalue weighted by Crippen LogP contribution is 2.44. The van der Waals surface area contributed by atoms with Gasteiger partial charge in [-0.3, -0.25) is 4.72 Å². The highest BCUT2D eigenvalue weighted by atomic mass is 32.2. The fourth-order valence-electron chi connectivity index (χ4n) is 4.51. The van der Waals surface area contributed by atoms with Gasteiger partial charge < -0.3 is 15.4 Å². The van der Waals surface area contributed by atoms with Crippen molar-refractivity contribution in [2.45, 2.75) is 37.4 Å². The SMILES string of the molecule is O=S(=O)(CC1CCC1(F)F)Nc1c(F)cc(Oc2ncccc2-c2ccnc(N[C@@H]3CNC[C@@H](F)C3)n2)c(F)c1F. The highest BCUT2D eigenvalue weighted by molar-refractivity contribution is 7.92. The first kappa shape index (κ1) is 28.9. The number of halogens is 6. The summed E-state index contributed by atoms with van der Waals surface area (Å²) >= 11 is 0. The summed E-state index contributed by atoms with van der Waals surface area (Å²) in [6, 6.07) is 4.62. The second-order valence-corrected chi connectivity index (χ2v) is 11.6. The lowest BCUT2D eigenvalue weighted by Crippen LogP contribution is -2.44. The Morgan fingerprint density at radius 1 is 1.10 bits per heavy atom. The number of alkyl halides is 3. The number of piperidine rings is 1. The molecule has 9 nitrogen and oxygen atoms in total. The second-order valence-electron chi connectivity index (χ2n) is 9.80. The van der Waals surface area contributed by atoms with Gasteiger partial charge >= 0.3 is 0 Å². The molecule has 3 atom stereocenters. The van der Waals surface area contributed by atoms with Crippen LogP contribution in [-0.4, -0.2) is 60.3 Å². The van der Waals surface area contributed by atoms with Crippen molar-refractivity contribution in [1.82, 2.24) is 20.3 Å². The Morgan fingerprint density at radius 2 is 1.90 bits per heavy atom. The number of anilines is 2. The number of hydrogen-bond donors (Lipinski definition) is 3. The van der Waals surface area contributed by atoms with Crippen molar-refractivity contribution in [1.29, 1.82) is 0 Å². The molecule has 41 heavy (non-hydrogen) atoms. The van der Waals surface area contributed by atoms with Crippen LogP contribution >= 0.6 is 0 Å². The van der Waals surface area contributed by atoms with E-state index in [1.807, 2.05) is 0 Å². The molecule has 2 aromatic heterocycles. The van der Waals surface area contributed by atoms with Crippen molar-refractivity contribution < 1.29 is 39.5 Å². The van der Waals surface area contributed by atoms with E-state index in [9.17, 15) is 34.8 Å². The van der Waals surface area contributed by atoms with Crippen molar-refractivity contribution in [3.05, 3.63) is 54.1 Å². The molecule has 16 heteroatoms. The molecule has 220 valence electrons. The summed E-state index contributed by atoms with van der Waals surface area (Å²) in [5, 5.41) is 5.97. The van der Waals surface area contributed by atoms with Crippen LogP contribution in [0.15, 0.2) is 36.7 Å². The molecule has 1 saturated heterocycles. The van der Waals surface area contributed by atoms with Crippen molar-refractivity contribution in [3.63, 3.8) is 0 Å². The normalized spacial score (nSPS) is 22.0. The Morgan fingerprint density at radius 3 is 2.61 bits per heavy atom. The van der Waals surface area contributed by atoms with Crippen LogP contribution in [-0.2, 0) is 10.0 Å². The van der Waals surface area contributed by atoms with Gasteiger partial charge in [0.25, 0.3) is 5.92 Å². The third-order valence-electron chi connectivity index (χ3n) is 6.77. The largest absolute Gasteiger partial charge is 0.435 e. The quantitative estimate of drug-likeness (QED) is 0.240. The molecule has 3 aromatic rings. The van der Waals surface area contributed by atoms with E-state index in [1.54, 1.807) is 0 Å². The Labute approximate surface area is 230 Å². The van der Waals surface area contributed by atoms with Crippen LogP contribution in [0.4, 0.5) is 38.0 Å². The molecule has 1 unspecified atom stereocenters. The van der Waals surface area contributed by atoms with Gasteiger partial charge in [-0.05, 0) is 24.6 Å². The summed E-state index contributed by atoms with van der Waals surface area (Å²) in [5.74, 6) is -12.1. The number of aromatic nitrogens is 3. The number of rotatable bonds is 9. The van der Waals surface area contributed by atoms with E-state index in [2.05, 4.69) is 25.6 Å². The lowest BCUT2D eigenvalue weighted by molar-refractivity contribution is -0.122. The van der Waals surface area contributed by atoms with Crippen molar-refractivity contribution in [2.24, 2.45) is 5.92 Å². The predicted octanol–water partition coefficient (Wildman–Crippen LogP) is 4.65. The van der Waals surface area contributed by atoms with E-state index < -0.39 is 69.1 Å². The Balaban J connectivity index is 1.36. The second kappa shape index (κ2) is 11.3. The molecule has 1 aliphatic heterocycles. The van der Waals surface area contributed by atoms with Gasteiger partial charge in [-0.15, -0.1) is 0 Å². The van der Waals surface area contributed by atoms with Gasteiger partial charge in [0.05, 0.1) is 17.0 Å². The highest BCUT2D eigenvalue weighted by Gasteiger charge is 2.50. The average Bonchev–Trinajstić information content (AvgIpc) is 2.93. The minimum atomic E-state index is -4.63. The van der Waals surface area contributed by atoms with Crippen LogP contribution in [0.1, 0.15) is 19.3 Å². The van der Waals surface area contributed by atoms with Gasteiger partial charge in [0.15, 0.2) is 17.4 Å². The maximum atomic E-state index is 14.9. The van der Waals surface area contributed by atoms with Crippen molar-refractivity contribution in [2.75, 3.05) is 28.9 Å². The summed E-state index contributed by atoms with van der Waals surface area (Å²) in [4.78, 5) is 12.5. The predicted molar refractivity (Wildman–Crippen MR) is 137 cm³/mol. The molecule has 2 aliphatic rings. The van der Waals surface area contributed by atoms with E-state index in [1.165, 1.54) is 35.3 Å². The van der Waals surface area contributed by atoms with E-state index in [0.29, 0.717) is 12.6 Å². The van der Waals surface area contributed by atoms with Gasteiger partial charge in [0, 0.05) is 56.4 Å². The zero-order chi connectivity index (χ0) is 29.4. The van der Waals surface area contributed by atoms with Crippen LogP contribution in [0.5, 0.6) is 11.6 Å². The molecule has 2 fully saturated rings.